The van der Waals surface area contributed by atoms with Crippen molar-refractivity contribution in [2.24, 2.45) is 11.5 Å². The van der Waals surface area contributed by atoms with Crippen LogP contribution >= 0.6 is 15.9 Å². The van der Waals surface area contributed by atoms with Crippen molar-refractivity contribution in [3.8, 4) is 5.75 Å². The average molecular weight is 273 g/mol. The van der Waals surface area contributed by atoms with E-state index in [0.29, 0.717) is 12.3 Å². The quantitative estimate of drug-likeness (QED) is 0.845. The molecule has 15 heavy (non-hydrogen) atoms. The Kier molecular flexibility index (Phi) is 4.58. The molecule has 0 atom stereocenters. The van der Waals surface area contributed by atoms with E-state index in [9.17, 15) is 4.79 Å². The van der Waals surface area contributed by atoms with Crippen LogP contribution in [0, 0.1) is 0 Å². The number of rotatable bonds is 5. The molecular formula is C10H13BrN2O2. The fourth-order valence-electron chi connectivity index (χ4n) is 1.13. The Labute approximate surface area is 96.7 Å². The molecular weight excluding hydrogens is 260 g/mol. The molecule has 0 radical (unpaired) electrons. The van der Waals surface area contributed by atoms with Gasteiger partial charge < -0.3 is 16.2 Å². The van der Waals surface area contributed by atoms with Crippen LogP contribution in [-0.2, 0) is 11.3 Å². The van der Waals surface area contributed by atoms with Gasteiger partial charge in [0, 0.05) is 12.1 Å². The number of hydrogen-bond acceptors (Lipinski definition) is 3. The third kappa shape index (κ3) is 3.53. The van der Waals surface area contributed by atoms with Gasteiger partial charge in [-0.25, -0.2) is 0 Å². The Morgan fingerprint density at radius 3 is 2.80 bits per heavy atom. The molecule has 0 aliphatic rings. The summed E-state index contributed by atoms with van der Waals surface area (Å²) >= 11 is 3.36. The van der Waals surface area contributed by atoms with Gasteiger partial charge in [-0.1, -0.05) is 12.1 Å². The maximum atomic E-state index is 10.5. The molecule has 0 aliphatic carbocycles. The number of halogens is 1. The zero-order valence-electron chi connectivity index (χ0n) is 8.20. The fraction of sp³-hybridized carbons (Fsp3) is 0.300. The van der Waals surface area contributed by atoms with E-state index >= 15 is 0 Å². The van der Waals surface area contributed by atoms with Gasteiger partial charge in [-0.15, -0.1) is 0 Å². The first-order chi connectivity index (χ1) is 7.15. The molecule has 5 heteroatoms. The highest BCUT2D eigenvalue weighted by atomic mass is 79.9. The van der Waals surface area contributed by atoms with Gasteiger partial charge in [0.1, 0.15) is 5.75 Å². The lowest BCUT2D eigenvalue weighted by atomic mass is 10.2. The average Bonchev–Trinajstić information content (AvgIpc) is 2.20. The van der Waals surface area contributed by atoms with Gasteiger partial charge in [0.05, 0.1) is 17.5 Å². The van der Waals surface area contributed by atoms with Crippen LogP contribution in [-0.4, -0.2) is 12.5 Å². The highest BCUT2D eigenvalue weighted by Gasteiger charge is 2.06. The van der Waals surface area contributed by atoms with Crippen molar-refractivity contribution >= 4 is 21.8 Å². The first kappa shape index (κ1) is 12.0. The highest BCUT2D eigenvalue weighted by Crippen LogP contribution is 2.28. The number of nitrogens with two attached hydrogens (primary N) is 2. The molecule has 1 rings (SSSR count). The fourth-order valence-corrected chi connectivity index (χ4v) is 1.65. The Hall–Kier alpha value is -1.07. The lowest BCUT2D eigenvalue weighted by Gasteiger charge is -2.11. The molecule has 0 saturated carbocycles. The van der Waals surface area contributed by atoms with E-state index in [4.69, 9.17) is 16.2 Å². The zero-order chi connectivity index (χ0) is 11.3. The summed E-state index contributed by atoms with van der Waals surface area (Å²) in [6.07, 6.45) is 0.200. The number of amides is 1. The monoisotopic (exact) mass is 272 g/mol. The normalized spacial score (nSPS) is 10.0. The smallest absolute Gasteiger partial charge is 0.220 e. The second-order valence-electron chi connectivity index (χ2n) is 3.00. The van der Waals surface area contributed by atoms with Crippen molar-refractivity contribution < 1.29 is 9.53 Å². The van der Waals surface area contributed by atoms with Gasteiger partial charge in [-0.3, -0.25) is 4.79 Å². The minimum atomic E-state index is -0.378. The summed E-state index contributed by atoms with van der Waals surface area (Å²) in [7, 11) is 0. The van der Waals surface area contributed by atoms with Crippen LogP contribution in [0.3, 0.4) is 0 Å². The predicted octanol–water partition coefficient (Wildman–Crippen LogP) is 1.16. The van der Waals surface area contributed by atoms with E-state index in [1.807, 2.05) is 18.2 Å². The summed E-state index contributed by atoms with van der Waals surface area (Å²) in [6, 6.07) is 5.62. The van der Waals surface area contributed by atoms with Gasteiger partial charge in [0.15, 0.2) is 0 Å². The van der Waals surface area contributed by atoms with Crippen LogP contribution in [0.5, 0.6) is 5.75 Å². The third-order valence-corrected chi connectivity index (χ3v) is 2.49. The predicted molar refractivity (Wildman–Crippen MR) is 61.3 cm³/mol. The zero-order valence-corrected chi connectivity index (χ0v) is 9.79. The van der Waals surface area contributed by atoms with Crippen molar-refractivity contribution in [3.63, 3.8) is 0 Å². The largest absolute Gasteiger partial charge is 0.492 e. The Bertz CT molecular complexity index is 355. The second kappa shape index (κ2) is 5.72. The molecule has 0 fully saturated rings. The molecule has 0 heterocycles. The molecule has 0 unspecified atom stereocenters. The third-order valence-electron chi connectivity index (χ3n) is 1.86. The second-order valence-corrected chi connectivity index (χ2v) is 3.85. The standard InChI is InChI=1S/C10H13BrN2O2/c11-8-3-1-2-7(6-12)10(8)15-5-4-9(13)14/h1-3H,4-6,12H2,(H2,13,14). The maximum absolute atomic E-state index is 10.5. The first-order valence-corrected chi connectivity index (χ1v) is 5.33. The van der Waals surface area contributed by atoms with E-state index in [-0.39, 0.29) is 18.9 Å². The Balaban J connectivity index is 2.70. The van der Waals surface area contributed by atoms with Crippen LogP contribution in [0.1, 0.15) is 12.0 Å². The van der Waals surface area contributed by atoms with E-state index in [1.165, 1.54) is 0 Å². The molecule has 0 spiro atoms. The lowest BCUT2D eigenvalue weighted by Crippen LogP contribution is -2.15. The number of hydrogen-bond donors (Lipinski definition) is 2. The SMILES string of the molecule is NCc1cccc(Br)c1OCCC(N)=O. The number of carbonyl (C=O) groups is 1. The topological polar surface area (TPSA) is 78.3 Å². The van der Waals surface area contributed by atoms with E-state index in [2.05, 4.69) is 15.9 Å². The number of ether oxygens (including phenoxy) is 1. The Morgan fingerprint density at radius 2 is 2.20 bits per heavy atom. The van der Waals surface area contributed by atoms with E-state index in [0.717, 1.165) is 10.0 Å². The van der Waals surface area contributed by atoms with Crippen LogP contribution in [0.2, 0.25) is 0 Å². The molecule has 0 saturated heterocycles. The number of para-hydroxylation sites is 1. The molecule has 82 valence electrons. The Morgan fingerprint density at radius 1 is 1.47 bits per heavy atom. The number of benzene rings is 1. The van der Waals surface area contributed by atoms with Crippen molar-refractivity contribution in [2.45, 2.75) is 13.0 Å². The summed E-state index contributed by atoms with van der Waals surface area (Å²) in [4.78, 5) is 10.5. The maximum Gasteiger partial charge on any atom is 0.220 e. The number of primary amides is 1. The lowest BCUT2D eigenvalue weighted by molar-refractivity contribution is -0.118. The van der Waals surface area contributed by atoms with Crippen LogP contribution in [0.25, 0.3) is 0 Å². The summed E-state index contributed by atoms with van der Waals surface area (Å²) in [5.74, 6) is 0.303. The minimum Gasteiger partial charge on any atom is -0.492 e. The highest BCUT2D eigenvalue weighted by molar-refractivity contribution is 9.10. The first-order valence-electron chi connectivity index (χ1n) is 4.53. The van der Waals surface area contributed by atoms with Crippen molar-refractivity contribution in [2.75, 3.05) is 6.61 Å². The summed E-state index contributed by atoms with van der Waals surface area (Å²) in [6.45, 7) is 0.663. The van der Waals surface area contributed by atoms with Crippen LogP contribution in [0.4, 0.5) is 0 Å². The number of carbonyl (C=O) groups excluding carboxylic acids is 1. The van der Waals surface area contributed by atoms with Crippen molar-refractivity contribution in [1.82, 2.24) is 0 Å². The van der Waals surface area contributed by atoms with E-state index < -0.39 is 0 Å². The van der Waals surface area contributed by atoms with Gasteiger partial charge in [0.25, 0.3) is 0 Å². The molecule has 1 aromatic rings. The minimum absolute atomic E-state index is 0.200. The summed E-state index contributed by atoms with van der Waals surface area (Å²) in [5, 5.41) is 0. The van der Waals surface area contributed by atoms with E-state index in [1.54, 1.807) is 0 Å². The molecule has 4 N–H and O–H groups in total. The summed E-state index contributed by atoms with van der Waals surface area (Å²) < 4.78 is 6.27. The molecule has 1 amide bonds. The molecule has 0 bridgehead atoms. The summed E-state index contributed by atoms with van der Waals surface area (Å²) in [5.41, 5.74) is 11.5. The van der Waals surface area contributed by atoms with Crippen LogP contribution < -0.4 is 16.2 Å². The van der Waals surface area contributed by atoms with Crippen molar-refractivity contribution in [3.05, 3.63) is 28.2 Å². The molecule has 1 aromatic carbocycles. The molecule has 4 nitrogen and oxygen atoms in total. The van der Waals surface area contributed by atoms with Gasteiger partial charge in [-0.05, 0) is 22.0 Å². The van der Waals surface area contributed by atoms with Crippen LogP contribution in [0.15, 0.2) is 22.7 Å². The van der Waals surface area contributed by atoms with Crippen molar-refractivity contribution in [1.29, 1.82) is 0 Å². The van der Waals surface area contributed by atoms with Gasteiger partial charge in [0.2, 0.25) is 5.91 Å². The molecule has 0 aromatic heterocycles. The van der Waals surface area contributed by atoms with Gasteiger partial charge >= 0.3 is 0 Å². The molecule has 0 aliphatic heterocycles. The van der Waals surface area contributed by atoms with Gasteiger partial charge in [-0.2, -0.15) is 0 Å².